The molecule has 1 aliphatic heterocycles. The van der Waals surface area contributed by atoms with Gasteiger partial charge >= 0.3 is 0 Å². The van der Waals surface area contributed by atoms with Crippen LogP contribution in [0.1, 0.15) is 35.2 Å². The first-order valence-corrected chi connectivity index (χ1v) is 11.5. The van der Waals surface area contributed by atoms with E-state index < -0.39 is 6.04 Å². The second-order valence-corrected chi connectivity index (χ2v) is 8.71. The maximum Gasteiger partial charge on any atom is 0.255 e. The Morgan fingerprint density at radius 2 is 1.83 bits per heavy atom. The number of amides is 1. The van der Waals surface area contributed by atoms with E-state index >= 15 is 0 Å². The fourth-order valence-corrected chi connectivity index (χ4v) is 4.31. The van der Waals surface area contributed by atoms with E-state index in [9.17, 15) is 4.79 Å². The van der Waals surface area contributed by atoms with Crippen LogP contribution in [-0.4, -0.2) is 20.7 Å². The SMILES string of the molecule is CC1=C(C(=O)Nc2ccccc2C)[C@H](c2ccc(OCc3cccc(C)c3)cc2)n2ncnc2N1. The standard InChI is InChI=1S/C28H27N5O2/c1-18-7-6-9-21(15-18)16-35-23-13-11-22(12-14-23)26-25(20(3)31-28-29-17-30-33(26)28)27(34)32-24-10-5-4-8-19(24)2/h4-15,17,26H,16H2,1-3H3,(H,32,34)(H,29,30,31)/t26-/m0/s1. The van der Waals surface area contributed by atoms with Crippen LogP contribution in [0.2, 0.25) is 0 Å². The molecule has 1 aliphatic rings. The van der Waals surface area contributed by atoms with Gasteiger partial charge in [0.2, 0.25) is 5.95 Å². The molecular formula is C28H27N5O2. The number of para-hydroxylation sites is 1. The van der Waals surface area contributed by atoms with Gasteiger partial charge < -0.3 is 15.4 Å². The topological polar surface area (TPSA) is 81.1 Å². The van der Waals surface area contributed by atoms with Crippen LogP contribution in [-0.2, 0) is 11.4 Å². The molecule has 1 aromatic heterocycles. The summed E-state index contributed by atoms with van der Waals surface area (Å²) in [5.41, 5.74) is 6.33. The number of hydrogen-bond acceptors (Lipinski definition) is 5. The first-order valence-electron chi connectivity index (χ1n) is 11.5. The van der Waals surface area contributed by atoms with Gasteiger partial charge in [-0.15, -0.1) is 0 Å². The second kappa shape index (κ2) is 9.46. The molecule has 176 valence electrons. The van der Waals surface area contributed by atoms with Crippen LogP contribution in [0.3, 0.4) is 0 Å². The maximum atomic E-state index is 13.5. The van der Waals surface area contributed by atoms with Crippen molar-refractivity contribution in [3.8, 4) is 5.75 Å². The van der Waals surface area contributed by atoms with E-state index in [1.54, 1.807) is 4.68 Å². The summed E-state index contributed by atoms with van der Waals surface area (Å²) in [5.74, 6) is 1.17. The number of rotatable bonds is 6. The molecule has 0 unspecified atom stereocenters. The van der Waals surface area contributed by atoms with Crippen LogP contribution < -0.4 is 15.4 Å². The third-order valence-corrected chi connectivity index (χ3v) is 6.12. The lowest BCUT2D eigenvalue weighted by Crippen LogP contribution is -2.31. The van der Waals surface area contributed by atoms with Gasteiger partial charge in [0.1, 0.15) is 24.7 Å². The smallest absolute Gasteiger partial charge is 0.255 e. The predicted molar refractivity (Wildman–Crippen MR) is 136 cm³/mol. The van der Waals surface area contributed by atoms with E-state index in [1.165, 1.54) is 11.9 Å². The van der Waals surface area contributed by atoms with Crippen molar-refractivity contribution < 1.29 is 9.53 Å². The van der Waals surface area contributed by atoms with Gasteiger partial charge in [0.15, 0.2) is 0 Å². The van der Waals surface area contributed by atoms with E-state index in [4.69, 9.17) is 4.74 Å². The minimum absolute atomic E-state index is 0.185. The number of allylic oxidation sites excluding steroid dienone is 1. The van der Waals surface area contributed by atoms with Crippen molar-refractivity contribution in [1.29, 1.82) is 0 Å². The Bertz CT molecular complexity index is 1400. The van der Waals surface area contributed by atoms with Crippen LogP contribution in [0, 0.1) is 13.8 Å². The Morgan fingerprint density at radius 3 is 2.60 bits per heavy atom. The molecule has 0 radical (unpaired) electrons. The first-order chi connectivity index (χ1) is 17.0. The van der Waals surface area contributed by atoms with Crippen molar-refractivity contribution >= 4 is 17.5 Å². The number of fused-ring (bicyclic) bond motifs is 1. The highest BCUT2D eigenvalue weighted by Crippen LogP contribution is 2.36. The summed E-state index contributed by atoms with van der Waals surface area (Å²) in [6.45, 7) is 6.42. The summed E-state index contributed by atoms with van der Waals surface area (Å²) >= 11 is 0. The summed E-state index contributed by atoms with van der Waals surface area (Å²) in [7, 11) is 0. The van der Waals surface area contributed by atoms with Crippen molar-refractivity contribution in [2.24, 2.45) is 0 Å². The molecule has 0 saturated heterocycles. The van der Waals surface area contributed by atoms with Crippen LogP contribution in [0.5, 0.6) is 5.75 Å². The molecular weight excluding hydrogens is 438 g/mol. The Kier molecular flexibility index (Phi) is 6.06. The number of aromatic nitrogens is 3. The fourth-order valence-electron chi connectivity index (χ4n) is 4.31. The zero-order valence-corrected chi connectivity index (χ0v) is 19.9. The van der Waals surface area contributed by atoms with Gasteiger partial charge in [0.05, 0.1) is 5.57 Å². The molecule has 3 aromatic carbocycles. The number of nitrogens with zero attached hydrogens (tertiary/aromatic N) is 3. The number of anilines is 2. The monoisotopic (exact) mass is 465 g/mol. The number of benzene rings is 3. The number of nitrogens with one attached hydrogen (secondary N) is 2. The third kappa shape index (κ3) is 4.66. The highest BCUT2D eigenvalue weighted by Gasteiger charge is 2.33. The fraction of sp³-hybridized carbons (Fsp3) is 0.179. The van der Waals surface area contributed by atoms with Gasteiger partial charge in [-0.1, -0.05) is 60.2 Å². The third-order valence-electron chi connectivity index (χ3n) is 6.12. The summed E-state index contributed by atoms with van der Waals surface area (Å²) in [5, 5.41) is 10.7. The van der Waals surface area contributed by atoms with Crippen LogP contribution in [0.25, 0.3) is 0 Å². The second-order valence-electron chi connectivity index (χ2n) is 8.71. The van der Waals surface area contributed by atoms with Gasteiger partial charge in [0.25, 0.3) is 5.91 Å². The lowest BCUT2D eigenvalue weighted by atomic mass is 9.95. The van der Waals surface area contributed by atoms with Crippen molar-refractivity contribution in [2.45, 2.75) is 33.4 Å². The van der Waals surface area contributed by atoms with E-state index in [2.05, 4.69) is 45.8 Å². The molecule has 7 heteroatoms. The molecule has 7 nitrogen and oxygen atoms in total. The Hall–Kier alpha value is -4.39. The van der Waals surface area contributed by atoms with Crippen molar-refractivity contribution in [2.75, 3.05) is 10.6 Å². The Balaban J connectivity index is 1.42. The summed E-state index contributed by atoms with van der Waals surface area (Å²) in [6, 6.07) is 23.4. The van der Waals surface area contributed by atoms with Crippen molar-refractivity contribution in [3.05, 3.63) is 113 Å². The lowest BCUT2D eigenvalue weighted by molar-refractivity contribution is -0.113. The van der Waals surface area contributed by atoms with Gasteiger partial charge in [-0.05, 0) is 55.7 Å². The number of carbonyl (C=O) groups excluding carboxylic acids is 1. The van der Waals surface area contributed by atoms with Gasteiger partial charge in [0, 0.05) is 11.4 Å². The van der Waals surface area contributed by atoms with Crippen LogP contribution >= 0.6 is 0 Å². The molecule has 0 bridgehead atoms. The van der Waals surface area contributed by atoms with E-state index in [-0.39, 0.29) is 5.91 Å². The van der Waals surface area contributed by atoms with Crippen LogP contribution in [0.4, 0.5) is 11.6 Å². The highest BCUT2D eigenvalue weighted by molar-refractivity contribution is 6.06. The van der Waals surface area contributed by atoms with E-state index in [0.717, 1.165) is 33.8 Å². The van der Waals surface area contributed by atoms with Crippen LogP contribution in [0.15, 0.2) is 90.4 Å². The molecule has 2 heterocycles. The quantitative estimate of drug-likeness (QED) is 0.398. The maximum absolute atomic E-state index is 13.5. The highest BCUT2D eigenvalue weighted by atomic mass is 16.5. The molecule has 4 aromatic rings. The molecule has 2 N–H and O–H groups in total. The molecule has 1 amide bonds. The normalized spacial score (nSPS) is 14.8. The van der Waals surface area contributed by atoms with Crippen molar-refractivity contribution in [3.63, 3.8) is 0 Å². The minimum atomic E-state index is -0.427. The predicted octanol–water partition coefficient (Wildman–Crippen LogP) is 5.40. The zero-order valence-electron chi connectivity index (χ0n) is 19.9. The van der Waals surface area contributed by atoms with E-state index in [1.807, 2.05) is 68.4 Å². The molecule has 0 saturated carbocycles. The lowest BCUT2D eigenvalue weighted by Gasteiger charge is -2.29. The Morgan fingerprint density at radius 1 is 1.03 bits per heavy atom. The molecule has 35 heavy (non-hydrogen) atoms. The average molecular weight is 466 g/mol. The Labute approximate surface area is 204 Å². The summed E-state index contributed by atoms with van der Waals surface area (Å²) in [6.07, 6.45) is 1.49. The molecule has 0 spiro atoms. The molecule has 5 rings (SSSR count). The molecule has 0 aliphatic carbocycles. The molecule has 1 atom stereocenters. The van der Waals surface area contributed by atoms with Gasteiger partial charge in [-0.2, -0.15) is 10.1 Å². The van der Waals surface area contributed by atoms with E-state index in [0.29, 0.717) is 18.1 Å². The summed E-state index contributed by atoms with van der Waals surface area (Å²) in [4.78, 5) is 17.8. The minimum Gasteiger partial charge on any atom is -0.489 e. The number of carbonyl (C=O) groups is 1. The average Bonchev–Trinajstić information content (AvgIpc) is 3.32. The number of aryl methyl sites for hydroxylation is 2. The van der Waals surface area contributed by atoms with Crippen molar-refractivity contribution in [1.82, 2.24) is 14.8 Å². The van der Waals surface area contributed by atoms with Gasteiger partial charge in [-0.25, -0.2) is 4.68 Å². The zero-order chi connectivity index (χ0) is 24.4. The summed E-state index contributed by atoms with van der Waals surface area (Å²) < 4.78 is 7.73. The first kappa shape index (κ1) is 22.4. The molecule has 0 fully saturated rings. The largest absolute Gasteiger partial charge is 0.489 e. The number of ether oxygens (including phenoxy) is 1. The van der Waals surface area contributed by atoms with Gasteiger partial charge in [-0.3, -0.25) is 4.79 Å². The number of hydrogen-bond donors (Lipinski definition) is 2.